The number of benzene rings is 2. The number of ether oxygens (including phenoxy) is 1. The number of allylic oxidation sites excluding steroid dienone is 1. The first-order chi connectivity index (χ1) is 18.6. The fourth-order valence-corrected chi connectivity index (χ4v) is 4.53. The summed E-state index contributed by atoms with van der Waals surface area (Å²) in [5.74, 6) is 0.647. The van der Waals surface area contributed by atoms with Gasteiger partial charge in [0, 0.05) is 17.7 Å². The maximum Gasteiger partial charge on any atom is 0.269 e. The summed E-state index contributed by atoms with van der Waals surface area (Å²) in [6, 6.07) is 13.3. The first-order valence-corrected chi connectivity index (χ1v) is 14.8. The Balaban J connectivity index is 1.46. The number of unbranched alkanes of at least 4 members (excludes halogenated alkanes) is 15. The molecule has 2 rings (SSSR count). The van der Waals surface area contributed by atoms with Gasteiger partial charge in [-0.1, -0.05) is 121 Å². The van der Waals surface area contributed by atoms with Crippen LogP contribution in [0.2, 0.25) is 0 Å². The van der Waals surface area contributed by atoms with Crippen molar-refractivity contribution < 1.29 is 14.5 Å². The van der Waals surface area contributed by atoms with Crippen LogP contribution in [0.25, 0.3) is 6.08 Å². The third-order valence-corrected chi connectivity index (χ3v) is 6.94. The van der Waals surface area contributed by atoms with Crippen molar-refractivity contribution in [2.45, 2.75) is 110 Å². The zero-order valence-electron chi connectivity index (χ0n) is 23.4. The molecule has 0 saturated carbocycles. The third-order valence-electron chi connectivity index (χ3n) is 6.94. The average Bonchev–Trinajstić information content (AvgIpc) is 2.94. The predicted molar refractivity (Wildman–Crippen MR) is 158 cm³/mol. The first-order valence-electron chi connectivity index (χ1n) is 14.8. The summed E-state index contributed by atoms with van der Waals surface area (Å²) < 4.78 is 5.86. The molecule has 0 aliphatic carbocycles. The molecule has 0 radical (unpaired) electrons. The van der Waals surface area contributed by atoms with Crippen LogP contribution in [-0.4, -0.2) is 17.3 Å². The highest BCUT2D eigenvalue weighted by molar-refractivity contribution is 6.06. The minimum absolute atomic E-state index is 0.0271. The minimum atomic E-state index is -0.478. The molecular weight excluding hydrogens is 474 g/mol. The predicted octanol–water partition coefficient (Wildman–Crippen LogP) is 10.1. The van der Waals surface area contributed by atoms with Gasteiger partial charge in [-0.05, 0) is 42.3 Å². The van der Waals surface area contributed by atoms with Gasteiger partial charge in [0.2, 0.25) is 0 Å². The van der Waals surface area contributed by atoms with Crippen LogP contribution in [0, 0.1) is 10.1 Å². The minimum Gasteiger partial charge on any atom is -0.494 e. The maximum absolute atomic E-state index is 12.3. The number of ketones is 1. The van der Waals surface area contributed by atoms with E-state index in [1.54, 1.807) is 6.08 Å². The number of carbonyl (C=O) groups excluding carboxylic acids is 1. The number of hydrogen-bond acceptors (Lipinski definition) is 4. The Morgan fingerprint density at radius 2 is 1.18 bits per heavy atom. The van der Waals surface area contributed by atoms with E-state index in [9.17, 15) is 14.9 Å². The largest absolute Gasteiger partial charge is 0.494 e. The fourth-order valence-electron chi connectivity index (χ4n) is 4.53. The molecular formula is C33H47NO4. The van der Waals surface area contributed by atoms with Crippen molar-refractivity contribution in [1.82, 2.24) is 0 Å². The lowest BCUT2D eigenvalue weighted by molar-refractivity contribution is -0.384. The van der Waals surface area contributed by atoms with Crippen LogP contribution in [-0.2, 0) is 0 Å². The molecule has 0 aliphatic heterocycles. The standard InChI is InChI=1S/C33H47NO4/c1-2-3-4-5-6-7-8-9-10-11-12-13-14-15-16-17-28-38-32-25-18-29(19-26-32)20-27-33(35)30-21-23-31(24-22-30)34(36)37/h18-27H,2-17,28H2,1H3/b27-20+. The molecule has 0 aliphatic rings. The number of rotatable bonds is 22. The molecule has 5 nitrogen and oxygen atoms in total. The molecule has 208 valence electrons. The van der Waals surface area contributed by atoms with E-state index in [0.717, 1.165) is 24.3 Å². The monoisotopic (exact) mass is 521 g/mol. The Morgan fingerprint density at radius 3 is 1.66 bits per heavy atom. The molecule has 38 heavy (non-hydrogen) atoms. The van der Waals surface area contributed by atoms with Crippen molar-refractivity contribution in [3.05, 3.63) is 75.8 Å². The number of non-ortho nitro benzene ring substituents is 1. The van der Waals surface area contributed by atoms with Gasteiger partial charge in [-0.25, -0.2) is 0 Å². The summed E-state index contributed by atoms with van der Waals surface area (Å²) >= 11 is 0. The summed E-state index contributed by atoms with van der Waals surface area (Å²) in [7, 11) is 0. The van der Waals surface area contributed by atoms with Gasteiger partial charge < -0.3 is 4.74 Å². The third kappa shape index (κ3) is 14.1. The van der Waals surface area contributed by atoms with E-state index in [4.69, 9.17) is 4.74 Å². The molecule has 0 unspecified atom stereocenters. The van der Waals surface area contributed by atoms with Gasteiger partial charge in [0.25, 0.3) is 5.69 Å². The Labute approximate surface area is 229 Å². The van der Waals surface area contributed by atoms with Gasteiger partial charge in [-0.15, -0.1) is 0 Å². The average molecular weight is 522 g/mol. The van der Waals surface area contributed by atoms with Crippen LogP contribution < -0.4 is 4.74 Å². The van der Waals surface area contributed by atoms with E-state index in [-0.39, 0.29) is 11.5 Å². The summed E-state index contributed by atoms with van der Waals surface area (Å²) in [5.41, 5.74) is 1.29. The SMILES string of the molecule is CCCCCCCCCCCCCCCCCCOc1ccc(/C=C/C(=O)c2ccc([N+](=O)[O-])cc2)cc1. The summed E-state index contributed by atoms with van der Waals surface area (Å²) in [6.07, 6.45) is 25.0. The number of nitro benzene ring substituents is 1. The Morgan fingerprint density at radius 1 is 0.711 bits per heavy atom. The second-order valence-corrected chi connectivity index (χ2v) is 10.2. The molecule has 0 saturated heterocycles. The highest BCUT2D eigenvalue weighted by Crippen LogP contribution is 2.17. The van der Waals surface area contributed by atoms with Crippen LogP contribution in [0.15, 0.2) is 54.6 Å². The smallest absolute Gasteiger partial charge is 0.269 e. The van der Waals surface area contributed by atoms with Gasteiger partial charge in [0.05, 0.1) is 11.5 Å². The molecule has 0 heterocycles. The van der Waals surface area contributed by atoms with E-state index in [0.29, 0.717) is 5.56 Å². The first kappa shape index (κ1) is 31.3. The van der Waals surface area contributed by atoms with Crippen molar-refractivity contribution in [2.75, 3.05) is 6.61 Å². The number of hydrogen-bond donors (Lipinski definition) is 0. The molecule has 2 aromatic rings. The molecule has 0 aromatic heterocycles. The Hall–Kier alpha value is -2.95. The van der Waals surface area contributed by atoms with Crippen LogP contribution in [0.5, 0.6) is 5.75 Å². The van der Waals surface area contributed by atoms with Crippen LogP contribution >= 0.6 is 0 Å². The fraction of sp³-hybridized carbons (Fsp3) is 0.545. The zero-order valence-corrected chi connectivity index (χ0v) is 23.4. The van der Waals surface area contributed by atoms with Crippen LogP contribution in [0.4, 0.5) is 5.69 Å². The highest BCUT2D eigenvalue weighted by Gasteiger charge is 2.07. The summed E-state index contributed by atoms with van der Waals surface area (Å²) in [4.78, 5) is 22.5. The second-order valence-electron chi connectivity index (χ2n) is 10.2. The topological polar surface area (TPSA) is 69.4 Å². The van der Waals surface area contributed by atoms with E-state index in [1.165, 1.54) is 127 Å². The van der Waals surface area contributed by atoms with Crippen LogP contribution in [0.3, 0.4) is 0 Å². The van der Waals surface area contributed by atoms with Gasteiger partial charge >= 0.3 is 0 Å². The zero-order chi connectivity index (χ0) is 27.3. The second kappa shape index (κ2) is 20.1. The highest BCUT2D eigenvalue weighted by atomic mass is 16.6. The molecule has 0 spiro atoms. The Kier molecular flexibility index (Phi) is 16.5. The van der Waals surface area contributed by atoms with Crippen LogP contribution in [0.1, 0.15) is 126 Å². The van der Waals surface area contributed by atoms with Crippen molar-refractivity contribution >= 4 is 17.5 Å². The maximum atomic E-state index is 12.3. The van der Waals surface area contributed by atoms with Crippen molar-refractivity contribution in [3.8, 4) is 5.75 Å². The molecule has 0 N–H and O–H groups in total. The Bertz CT molecular complexity index is 934. The van der Waals surface area contributed by atoms with E-state index in [1.807, 2.05) is 24.3 Å². The number of nitro groups is 1. The number of carbonyl (C=O) groups is 1. The van der Waals surface area contributed by atoms with E-state index >= 15 is 0 Å². The van der Waals surface area contributed by atoms with Gasteiger partial charge in [0.1, 0.15) is 5.75 Å². The number of nitrogens with zero attached hydrogens (tertiary/aromatic N) is 1. The van der Waals surface area contributed by atoms with Gasteiger partial charge in [-0.3, -0.25) is 14.9 Å². The molecule has 0 amide bonds. The molecule has 2 aromatic carbocycles. The molecule has 0 atom stereocenters. The summed E-state index contributed by atoms with van der Waals surface area (Å²) in [6.45, 7) is 3.01. The van der Waals surface area contributed by atoms with Gasteiger partial charge in [0.15, 0.2) is 5.78 Å². The molecule has 0 fully saturated rings. The quantitative estimate of drug-likeness (QED) is 0.0508. The van der Waals surface area contributed by atoms with E-state index in [2.05, 4.69) is 6.92 Å². The lowest BCUT2D eigenvalue weighted by Gasteiger charge is -2.07. The normalized spacial score (nSPS) is 11.2. The molecule has 5 heteroatoms. The van der Waals surface area contributed by atoms with Crippen molar-refractivity contribution in [3.63, 3.8) is 0 Å². The van der Waals surface area contributed by atoms with Crippen molar-refractivity contribution in [1.29, 1.82) is 0 Å². The van der Waals surface area contributed by atoms with Crippen molar-refractivity contribution in [2.24, 2.45) is 0 Å². The van der Waals surface area contributed by atoms with E-state index < -0.39 is 4.92 Å². The lowest BCUT2D eigenvalue weighted by Crippen LogP contribution is -1.97. The molecule has 0 bridgehead atoms. The van der Waals surface area contributed by atoms with Gasteiger partial charge in [-0.2, -0.15) is 0 Å². The lowest BCUT2D eigenvalue weighted by atomic mass is 10.0. The summed E-state index contributed by atoms with van der Waals surface area (Å²) in [5, 5.41) is 10.7.